The highest BCUT2D eigenvalue weighted by Gasteiger charge is 2.33. The van der Waals surface area contributed by atoms with Crippen molar-refractivity contribution >= 4 is 17.4 Å². The second-order valence-electron chi connectivity index (χ2n) is 5.99. The molecule has 146 valence electrons. The summed E-state index contributed by atoms with van der Waals surface area (Å²) in [6.07, 6.45) is -3.27. The Morgan fingerprint density at radius 3 is 2.50 bits per heavy atom. The molecule has 0 saturated heterocycles. The van der Waals surface area contributed by atoms with Crippen LogP contribution in [0.2, 0.25) is 5.02 Å². The summed E-state index contributed by atoms with van der Waals surface area (Å²) in [4.78, 5) is 8.11. The summed E-state index contributed by atoms with van der Waals surface area (Å²) in [5, 5.41) is 2.56. The highest BCUT2D eigenvalue weighted by Crippen LogP contribution is 2.36. The van der Waals surface area contributed by atoms with E-state index in [-0.39, 0.29) is 6.54 Å². The maximum absolute atomic E-state index is 13.8. The summed E-state index contributed by atoms with van der Waals surface area (Å²) in [6.45, 7) is 0.200. The van der Waals surface area contributed by atoms with Crippen molar-refractivity contribution in [2.75, 3.05) is 11.9 Å². The largest absolute Gasteiger partial charge is 0.417 e. The second-order valence-corrected chi connectivity index (χ2v) is 6.40. The van der Waals surface area contributed by atoms with Crippen LogP contribution >= 0.6 is 11.6 Å². The number of anilines is 1. The molecule has 0 spiro atoms. The molecular weight excluding hydrogens is 396 g/mol. The highest BCUT2D eigenvalue weighted by atomic mass is 35.5. The third-order valence-corrected chi connectivity index (χ3v) is 4.36. The molecule has 0 aliphatic rings. The van der Waals surface area contributed by atoms with Crippen LogP contribution in [0.15, 0.2) is 54.9 Å². The number of nitrogens with two attached hydrogens (primary N) is 1. The van der Waals surface area contributed by atoms with Gasteiger partial charge in [0.05, 0.1) is 16.3 Å². The quantitative estimate of drug-likeness (QED) is 0.577. The molecule has 3 rings (SSSR count). The Morgan fingerprint density at radius 1 is 1.07 bits per heavy atom. The fourth-order valence-electron chi connectivity index (χ4n) is 2.62. The molecule has 1 heterocycles. The molecule has 3 N–H and O–H groups in total. The SMILES string of the molecule is N[C@H](CNc1cc(-c2ccc(C(F)(F)F)c(Cl)c2)ncn1)c1ccccc1F. The van der Waals surface area contributed by atoms with Crippen molar-refractivity contribution in [3.05, 3.63) is 76.8 Å². The summed E-state index contributed by atoms with van der Waals surface area (Å²) in [5.41, 5.74) is 6.23. The zero-order valence-corrected chi connectivity index (χ0v) is 15.1. The summed E-state index contributed by atoms with van der Waals surface area (Å²) in [6, 6.07) is 10.5. The van der Waals surface area contributed by atoms with E-state index >= 15 is 0 Å². The molecule has 3 aromatic rings. The number of hydrogen-bond donors (Lipinski definition) is 2. The van der Waals surface area contributed by atoms with Crippen molar-refractivity contribution in [3.63, 3.8) is 0 Å². The maximum Gasteiger partial charge on any atom is 0.417 e. The van der Waals surface area contributed by atoms with E-state index in [2.05, 4.69) is 15.3 Å². The fourth-order valence-corrected chi connectivity index (χ4v) is 2.90. The first-order chi connectivity index (χ1) is 13.3. The topological polar surface area (TPSA) is 63.8 Å². The van der Waals surface area contributed by atoms with Gasteiger partial charge in [0.15, 0.2) is 0 Å². The lowest BCUT2D eigenvalue weighted by Gasteiger charge is -2.15. The fraction of sp³-hybridized carbons (Fsp3) is 0.158. The lowest BCUT2D eigenvalue weighted by atomic mass is 10.1. The van der Waals surface area contributed by atoms with Crippen molar-refractivity contribution in [3.8, 4) is 11.3 Å². The molecule has 28 heavy (non-hydrogen) atoms. The molecule has 0 radical (unpaired) electrons. The van der Waals surface area contributed by atoms with Gasteiger partial charge in [-0.15, -0.1) is 0 Å². The Bertz CT molecular complexity index is 978. The third-order valence-electron chi connectivity index (χ3n) is 4.05. The van der Waals surface area contributed by atoms with Crippen LogP contribution < -0.4 is 11.1 Å². The van der Waals surface area contributed by atoms with Gasteiger partial charge in [-0.1, -0.05) is 35.9 Å². The average Bonchev–Trinajstić information content (AvgIpc) is 2.65. The molecular formula is C19H15ClF4N4. The van der Waals surface area contributed by atoms with Gasteiger partial charge >= 0.3 is 6.18 Å². The molecule has 0 aliphatic carbocycles. The number of nitrogens with one attached hydrogen (secondary N) is 1. The van der Waals surface area contributed by atoms with Crippen LogP contribution in [0.1, 0.15) is 17.2 Å². The lowest BCUT2D eigenvalue weighted by Crippen LogP contribution is -2.22. The van der Waals surface area contributed by atoms with Gasteiger partial charge in [0.2, 0.25) is 0 Å². The number of alkyl halides is 3. The minimum atomic E-state index is -4.53. The number of rotatable bonds is 5. The van der Waals surface area contributed by atoms with Gasteiger partial charge in [-0.3, -0.25) is 0 Å². The molecule has 0 aliphatic heterocycles. The molecule has 4 nitrogen and oxygen atoms in total. The van der Waals surface area contributed by atoms with E-state index in [9.17, 15) is 17.6 Å². The zero-order chi connectivity index (χ0) is 20.3. The minimum absolute atomic E-state index is 0.200. The second kappa shape index (κ2) is 8.12. The van der Waals surface area contributed by atoms with Gasteiger partial charge in [0.25, 0.3) is 0 Å². The van der Waals surface area contributed by atoms with Crippen LogP contribution in [-0.4, -0.2) is 16.5 Å². The Balaban J connectivity index is 1.76. The minimum Gasteiger partial charge on any atom is -0.368 e. The van der Waals surface area contributed by atoms with Crippen LogP contribution in [0.25, 0.3) is 11.3 Å². The predicted molar refractivity (Wildman–Crippen MR) is 99.3 cm³/mol. The zero-order valence-electron chi connectivity index (χ0n) is 14.3. The number of halogens is 5. The van der Waals surface area contributed by atoms with Gasteiger partial charge in [-0.2, -0.15) is 13.2 Å². The number of nitrogens with zero attached hydrogens (tertiary/aromatic N) is 2. The number of benzene rings is 2. The molecule has 0 saturated carbocycles. The van der Waals surface area contributed by atoms with Crippen LogP contribution in [-0.2, 0) is 6.18 Å². The summed E-state index contributed by atoms with van der Waals surface area (Å²) in [7, 11) is 0. The van der Waals surface area contributed by atoms with Crippen molar-refractivity contribution in [2.45, 2.75) is 12.2 Å². The lowest BCUT2D eigenvalue weighted by molar-refractivity contribution is -0.137. The summed E-state index contributed by atoms with van der Waals surface area (Å²) < 4.78 is 52.3. The first-order valence-corrected chi connectivity index (χ1v) is 8.56. The van der Waals surface area contributed by atoms with Crippen LogP contribution in [0.5, 0.6) is 0 Å². The standard InChI is InChI=1S/C19H15ClF4N4/c20-14-7-11(5-6-13(14)19(22,23)24)17-8-18(28-10-27-17)26-9-16(25)12-3-1-2-4-15(12)21/h1-8,10,16H,9,25H2,(H,26,27,28)/t16-/m1/s1. The normalized spacial score (nSPS) is 12.6. The molecule has 1 aromatic heterocycles. The molecule has 2 aromatic carbocycles. The van der Waals surface area contributed by atoms with Crippen LogP contribution in [0.4, 0.5) is 23.4 Å². The van der Waals surface area contributed by atoms with Crippen molar-refractivity contribution < 1.29 is 17.6 Å². The number of hydrogen-bond acceptors (Lipinski definition) is 4. The van der Waals surface area contributed by atoms with E-state index < -0.39 is 28.6 Å². The predicted octanol–water partition coefficient (Wildman–Crippen LogP) is 5.07. The van der Waals surface area contributed by atoms with Gasteiger partial charge in [-0.05, 0) is 18.2 Å². The van der Waals surface area contributed by atoms with E-state index in [0.717, 1.165) is 6.07 Å². The van der Waals surface area contributed by atoms with E-state index in [0.29, 0.717) is 22.6 Å². The Hall–Kier alpha value is -2.71. The maximum atomic E-state index is 13.8. The van der Waals surface area contributed by atoms with E-state index in [1.54, 1.807) is 24.3 Å². The average molecular weight is 411 g/mol. The Kier molecular flexibility index (Phi) is 5.81. The Morgan fingerprint density at radius 2 is 1.82 bits per heavy atom. The molecule has 1 atom stereocenters. The molecule has 0 fully saturated rings. The van der Waals surface area contributed by atoms with E-state index in [1.807, 2.05) is 0 Å². The van der Waals surface area contributed by atoms with Crippen molar-refractivity contribution in [2.24, 2.45) is 5.73 Å². The monoisotopic (exact) mass is 410 g/mol. The number of aromatic nitrogens is 2. The summed E-state index contributed by atoms with van der Waals surface area (Å²) in [5.74, 6) is -0.00705. The van der Waals surface area contributed by atoms with E-state index in [1.165, 1.54) is 24.5 Å². The van der Waals surface area contributed by atoms with E-state index in [4.69, 9.17) is 17.3 Å². The summed E-state index contributed by atoms with van der Waals surface area (Å²) >= 11 is 5.76. The first-order valence-electron chi connectivity index (χ1n) is 8.19. The van der Waals surface area contributed by atoms with Gasteiger partial charge in [-0.25, -0.2) is 14.4 Å². The first kappa shape index (κ1) is 20.0. The van der Waals surface area contributed by atoms with Gasteiger partial charge in [0.1, 0.15) is 18.0 Å². The highest BCUT2D eigenvalue weighted by molar-refractivity contribution is 6.31. The third kappa shape index (κ3) is 4.58. The molecule has 0 unspecified atom stereocenters. The van der Waals surface area contributed by atoms with Gasteiger partial charge in [0, 0.05) is 29.8 Å². The molecule has 9 heteroatoms. The van der Waals surface area contributed by atoms with Gasteiger partial charge < -0.3 is 11.1 Å². The van der Waals surface area contributed by atoms with Crippen molar-refractivity contribution in [1.82, 2.24) is 9.97 Å². The van der Waals surface area contributed by atoms with Crippen LogP contribution in [0.3, 0.4) is 0 Å². The Labute approximate surface area is 163 Å². The molecule has 0 amide bonds. The van der Waals surface area contributed by atoms with Crippen LogP contribution in [0, 0.1) is 5.82 Å². The smallest absolute Gasteiger partial charge is 0.368 e. The molecule has 0 bridgehead atoms. The van der Waals surface area contributed by atoms with Crippen molar-refractivity contribution in [1.29, 1.82) is 0 Å².